The van der Waals surface area contributed by atoms with Crippen LogP contribution >= 0.6 is 0 Å². The van der Waals surface area contributed by atoms with Crippen molar-refractivity contribution in [3.63, 3.8) is 0 Å². The van der Waals surface area contributed by atoms with Gasteiger partial charge in [-0.3, -0.25) is 0 Å². The Morgan fingerprint density at radius 2 is 1.57 bits per heavy atom. The molecule has 1 saturated carbocycles. The van der Waals surface area contributed by atoms with E-state index in [0.29, 0.717) is 5.56 Å². The zero-order valence-electron chi connectivity index (χ0n) is 19.3. The molecule has 4 unspecified atom stereocenters. The van der Waals surface area contributed by atoms with Crippen molar-refractivity contribution >= 4 is 24.0 Å². The smallest absolute Gasteiger partial charge is 0.338 e. The van der Waals surface area contributed by atoms with Gasteiger partial charge in [0.25, 0.3) is 0 Å². The van der Waals surface area contributed by atoms with Gasteiger partial charge in [0.1, 0.15) is 6.10 Å². The maximum absolute atomic E-state index is 12.6. The molecule has 13 nitrogen and oxygen atoms in total. The third-order valence-corrected chi connectivity index (χ3v) is 5.62. The molecule has 1 aliphatic carbocycles. The Labute approximate surface area is 209 Å². The van der Waals surface area contributed by atoms with E-state index in [9.17, 15) is 50.1 Å². The summed E-state index contributed by atoms with van der Waals surface area (Å²) in [5, 5.41) is 69.0. The topological polar surface area (TPSA) is 221 Å². The summed E-state index contributed by atoms with van der Waals surface area (Å²) < 4.78 is 15.1. The predicted molar refractivity (Wildman–Crippen MR) is 122 cm³/mol. The van der Waals surface area contributed by atoms with E-state index in [0.717, 1.165) is 31.4 Å². The zero-order valence-corrected chi connectivity index (χ0v) is 19.3. The van der Waals surface area contributed by atoms with Crippen molar-refractivity contribution in [1.29, 1.82) is 0 Å². The van der Waals surface area contributed by atoms with Gasteiger partial charge in [0.05, 0.1) is 18.8 Å². The molecule has 0 amide bonds. The van der Waals surface area contributed by atoms with Gasteiger partial charge in [-0.05, 0) is 35.9 Å². The van der Waals surface area contributed by atoms with Gasteiger partial charge in [-0.1, -0.05) is 6.07 Å². The molecule has 2 aromatic carbocycles. The van der Waals surface area contributed by atoms with Crippen LogP contribution in [0.1, 0.15) is 28.8 Å². The van der Waals surface area contributed by atoms with Crippen molar-refractivity contribution in [2.45, 2.75) is 36.8 Å². The Morgan fingerprint density at radius 3 is 2.16 bits per heavy atom. The van der Waals surface area contributed by atoms with Crippen LogP contribution in [0.15, 0.2) is 36.4 Å². The number of esters is 3. The summed E-state index contributed by atoms with van der Waals surface area (Å²) in [6, 6.07) is 5.30. The minimum Gasteiger partial charge on any atom is -0.504 e. The van der Waals surface area contributed by atoms with Gasteiger partial charge in [0, 0.05) is 18.9 Å². The molecule has 0 aromatic heterocycles. The number of aliphatic hydroxyl groups excluding tert-OH is 1. The Bertz CT molecular complexity index is 1210. The lowest BCUT2D eigenvalue weighted by atomic mass is 9.79. The fourth-order valence-electron chi connectivity index (χ4n) is 3.77. The van der Waals surface area contributed by atoms with Crippen LogP contribution in [-0.2, 0) is 23.8 Å². The van der Waals surface area contributed by atoms with E-state index in [1.165, 1.54) is 18.2 Å². The quantitative estimate of drug-likeness (QED) is 0.119. The van der Waals surface area contributed by atoms with Crippen LogP contribution < -0.4 is 0 Å². The molecule has 4 atom stereocenters. The van der Waals surface area contributed by atoms with Crippen LogP contribution in [0.5, 0.6) is 28.7 Å². The summed E-state index contributed by atoms with van der Waals surface area (Å²) in [7, 11) is 0.999. The van der Waals surface area contributed by atoms with Gasteiger partial charge in [-0.15, -0.1) is 0 Å². The first-order valence-electron chi connectivity index (χ1n) is 10.7. The van der Waals surface area contributed by atoms with E-state index in [2.05, 4.69) is 4.74 Å². The number of methoxy groups -OCH3 is 1. The number of phenolic OH excluding ortho intramolecular Hbond substituents is 5. The Kier molecular flexibility index (Phi) is 7.79. The fraction of sp³-hybridized carbons (Fsp3) is 0.292. The molecule has 1 fully saturated rings. The molecular formula is C24H24O13. The summed E-state index contributed by atoms with van der Waals surface area (Å²) in [4.78, 5) is 37.2. The van der Waals surface area contributed by atoms with Gasteiger partial charge in [0.15, 0.2) is 40.5 Å². The highest BCUT2D eigenvalue weighted by Gasteiger charge is 2.53. The zero-order chi connectivity index (χ0) is 27.5. The van der Waals surface area contributed by atoms with Crippen LogP contribution in [0.2, 0.25) is 0 Å². The fourth-order valence-corrected chi connectivity index (χ4v) is 3.77. The second kappa shape index (κ2) is 10.6. The molecule has 3 rings (SSSR count). The van der Waals surface area contributed by atoms with Crippen molar-refractivity contribution < 1.29 is 64.3 Å². The molecule has 2 aromatic rings. The summed E-state index contributed by atoms with van der Waals surface area (Å²) in [6.45, 7) is 0. The molecule has 0 radical (unpaired) electrons. The standard InChI is InChI=1S/C24H24O13/c1-35-23(33)24(34)9-17(29)21(37-22(32)12-7-15(27)20(31)16(28)8-12)18(10-24)36-19(30)5-3-11-2-4-13(25)14(26)6-11/h2-8,17-18,21,25-29,31,34H,9-10H2,1H3. The monoisotopic (exact) mass is 520 g/mol. The van der Waals surface area contributed by atoms with Gasteiger partial charge in [-0.2, -0.15) is 0 Å². The number of aliphatic hydroxyl groups is 2. The number of carbonyl (C=O) groups is 3. The largest absolute Gasteiger partial charge is 0.504 e. The Morgan fingerprint density at radius 1 is 0.919 bits per heavy atom. The minimum atomic E-state index is -2.29. The van der Waals surface area contributed by atoms with Crippen LogP contribution in [0, 0.1) is 0 Å². The lowest BCUT2D eigenvalue weighted by Crippen LogP contribution is -2.58. The number of phenols is 5. The lowest BCUT2D eigenvalue weighted by Gasteiger charge is -2.41. The molecule has 13 heteroatoms. The normalized spacial score (nSPS) is 23.4. The third-order valence-electron chi connectivity index (χ3n) is 5.62. The molecule has 0 heterocycles. The number of carbonyl (C=O) groups excluding carboxylic acids is 3. The maximum Gasteiger partial charge on any atom is 0.338 e. The second-order valence-electron chi connectivity index (χ2n) is 8.29. The Hall–Kier alpha value is -4.49. The molecule has 1 aliphatic rings. The summed E-state index contributed by atoms with van der Waals surface area (Å²) in [5.41, 5.74) is -2.41. The van der Waals surface area contributed by atoms with Crippen LogP contribution in [-0.4, -0.2) is 84.7 Å². The molecule has 0 saturated heterocycles. The molecule has 37 heavy (non-hydrogen) atoms. The first kappa shape index (κ1) is 27.1. The average molecular weight is 520 g/mol. The second-order valence-corrected chi connectivity index (χ2v) is 8.29. The highest BCUT2D eigenvalue weighted by Crippen LogP contribution is 2.37. The van der Waals surface area contributed by atoms with Crippen molar-refractivity contribution in [1.82, 2.24) is 0 Å². The summed E-state index contributed by atoms with van der Waals surface area (Å²) >= 11 is 0. The first-order chi connectivity index (χ1) is 17.3. The number of hydrogen-bond donors (Lipinski definition) is 7. The van der Waals surface area contributed by atoms with E-state index in [1.54, 1.807) is 0 Å². The van der Waals surface area contributed by atoms with E-state index in [-0.39, 0.29) is 5.75 Å². The van der Waals surface area contributed by atoms with Gasteiger partial charge < -0.3 is 50.0 Å². The number of benzene rings is 2. The minimum absolute atomic E-state index is 0.303. The molecule has 7 N–H and O–H groups in total. The van der Waals surface area contributed by atoms with Crippen LogP contribution in [0.4, 0.5) is 0 Å². The molecule has 0 bridgehead atoms. The van der Waals surface area contributed by atoms with Crippen LogP contribution in [0.25, 0.3) is 6.08 Å². The summed E-state index contributed by atoms with van der Waals surface area (Å²) in [6.07, 6.45) is -4.03. The summed E-state index contributed by atoms with van der Waals surface area (Å²) in [5.74, 6) is -6.72. The number of aromatic hydroxyl groups is 5. The molecule has 198 valence electrons. The number of rotatable bonds is 6. The number of ether oxygens (including phenoxy) is 3. The van der Waals surface area contributed by atoms with Gasteiger partial charge in [-0.25, -0.2) is 14.4 Å². The van der Waals surface area contributed by atoms with E-state index in [4.69, 9.17) is 9.47 Å². The molecular weight excluding hydrogens is 496 g/mol. The van der Waals surface area contributed by atoms with Crippen LogP contribution in [0.3, 0.4) is 0 Å². The predicted octanol–water partition coefficient (Wildman–Crippen LogP) is 0.424. The van der Waals surface area contributed by atoms with Crippen molar-refractivity contribution in [2.24, 2.45) is 0 Å². The maximum atomic E-state index is 12.6. The first-order valence-corrected chi connectivity index (χ1v) is 10.7. The van der Waals surface area contributed by atoms with E-state index >= 15 is 0 Å². The van der Waals surface area contributed by atoms with E-state index < -0.39 is 83.2 Å². The van der Waals surface area contributed by atoms with Crippen molar-refractivity contribution in [3.05, 3.63) is 47.5 Å². The lowest BCUT2D eigenvalue weighted by molar-refractivity contribution is -0.198. The van der Waals surface area contributed by atoms with Crippen molar-refractivity contribution in [2.75, 3.05) is 7.11 Å². The average Bonchev–Trinajstić information content (AvgIpc) is 2.84. The SMILES string of the molecule is COC(=O)C1(O)CC(O)C(OC(=O)c2cc(O)c(O)c(O)c2)C(OC(=O)C=Cc2ccc(O)c(O)c2)C1. The molecule has 0 aliphatic heterocycles. The molecule has 0 spiro atoms. The van der Waals surface area contributed by atoms with Crippen molar-refractivity contribution in [3.8, 4) is 28.7 Å². The van der Waals surface area contributed by atoms with Gasteiger partial charge >= 0.3 is 17.9 Å². The van der Waals surface area contributed by atoms with Gasteiger partial charge in [0.2, 0.25) is 0 Å². The highest BCUT2D eigenvalue weighted by molar-refractivity contribution is 5.91. The number of hydrogen-bond acceptors (Lipinski definition) is 13. The highest BCUT2D eigenvalue weighted by atomic mass is 16.6. The Balaban J connectivity index is 1.84. The third kappa shape index (κ3) is 6.02. The van der Waals surface area contributed by atoms with E-state index in [1.807, 2.05) is 0 Å².